The number of piperidine rings is 1. The van der Waals surface area contributed by atoms with Crippen LogP contribution in [0, 0.1) is 0 Å². The molecule has 2 aliphatic heterocycles. The topological polar surface area (TPSA) is 116 Å². The molecular formula is C23H25ClN4O5S. The molecule has 11 heteroatoms. The number of hydrogen-bond acceptors (Lipinski definition) is 5. The summed E-state index contributed by atoms with van der Waals surface area (Å²) in [6.07, 6.45) is 2.70. The Morgan fingerprint density at radius 2 is 1.65 bits per heavy atom. The molecule has 1 unspecified atom stereocenters. The Morgan fingerprint density at radius 3 is 2.26 bits per heavy atom. The van der Waals surface area contributed by atoms with Gasteiger partial charge in [0.15, 0.2) is 0 Å². The summed E-state index contributed by atoms with van der Waals surface area (Å²) in [5, 5.41) is 5.73. The Bertz CT molecular complexity index is 1210. The number of rotatable bonds is 6. The van der Waals surface area contributed by atoms with E-state index in [1.807, 2.05) is 0 Å². The fraction of sp³-hybridized carbons (Fsp3) is 0.348. The third kappa shape index (κ3) is 4.66. The van der Waals surface area contributed by atoms with Gasteiger partial charge in [0.25, 0.3) is 5.91 Å². The normalized spacial score (nSPS) is 21.4. The van der Waals surface area contributed by atoms with Crippen molar-refractivity contribution in [2.75, 3.05) is 25.0 Å². The minimum atomic E-state index is -3.58. The second kappa shape index (κ2) is 9.36. The van der Waals surface area contributed by atoms with Crippen LogP contribution in [0.2, 0.25) is 5.02 Å². The Kier molecular flexibility index (Phi) is 6.66. The summed E-state index contributed by atoms with van der Waals surface area (Å²) in [5.74, 6) is -1.14. The highest BCUT2D eigenvalue weighted by molar-refractivity contribution is 7.89. The van der Waals surface area contributed by atoms with Gasteiger partial charge in [-0.3, -0.25) is 14.5 Å². The first-order chi connectivity index (χ1) is 16.1. The molecule has 2 heterocycles. The largest absolute Gasteiger partial charge is 0.325 e. The Hall–Kier alpha value is -2.95. The van der Waals surface area contributed by atoms with E-state index in [1.54, 1.807) is 31.2 Å². The van der Waals surface area contributed by atoms with Crippen molar-refractivity contribution in [2.24, 2.45) is 0 Å². The van der Waals surface area contributed by atoms with Crippen molar-refractivity contribution in [1.82, 2.24) is 14.5 Å². The molecule has 2 N–H and O–H groups in total. The number of carbonyl (C=O) groups excluding carboxylic acids is 3. The molecule has 2 saturated heterocycles. The van der Waals surface area contributed by atoms with E-state index in [2.05, 4.69) is 10.6 Å². The van der Waals surface area contributed by atoms with E-state index >= 15 is 0 Å². The molecular weight excluding hydrogens is 480 g/mol. The fourth-order valence-corrected chi connectivity index (χ4v) is 5.77. The number of carbonyl (C=O) groups is 3. The van der Waals surface area contributed by atoms with Crippen LogP contribution in [-0.2, 0) is 25.2 Å². The summed E-state index contributed by atoms with van der Waals surface area (Å²) in [6.45, 7) is 2.08. The van der Waals surface area contributed by atoms with Gasteiger partial charge in [0.2, 0.25) is 15.9 Å². The number of anilines is 1. The van der Waals surface area contributed by atoms with Crippen LogP contribution in [0.15, 0.2) is 53.4 Å². The number of halogens is 1. The van der Waals surface area contributed by atoms with Gasteiger partial charge in [-0.15, -0.1) is 0 Å². The molecule has 0 aliphatic carbocycles. The summed E-state index contributed by atoms with van der Waals surface area (Å²) < 4.78 is 27.0. The lowest BCUT2D eigenvalue weighted by molar-refractivity contribution is -0.133. The summed E-state index contributed by atoms with van der Waals surface area (Å²) in [4.78, 5) is 39.0. The first-order valence-electron chi connectivity index (χ1n) is 10.9. The highest BCUT2D eigenvalue weighted by Crippen LogP contribution is 2.29. The third-order valence-electron chi connectivity index (χ3n) is 6.09. The van der Waals surface area contributed by atoms with Crippen molar-refractivity contribution < 1.29 is 22.8 Å². The third-order valence-corrected chi connectivity index (χ3v) is 8.25. The molecule has 4 amide bonds. The summed E-state index contributed by atoms with van der Waals surface area (Å²) >= 11 is 5.91. The smallest absolute Gasteiger partial charge is 0.325 e. The summed E-state index contributed by atoms with van der Waals surface area (Å²) in [6, 6.07) is 11.7. The highest BCUT2D eigenvalue weighted by Gasteiger charge is 2.49. The number of benzene rings is 2. The van der Waals surface area contributed by atoms with E-state index < -0.39 is 40.0 Å². The molecule has 2 aromatic carbocycles. The second-order valence-electron chi connectivity index (χ2n) is 8.49. The number of amides is 4. The molecule has 0 aromatic heterocycles. The molecule has 2 aromatic rings. The van der Waals surface area contributed by atoms with Crippen LogP contribution in [-0.4, -0.2) is 55.1 Å². The van der Waals surface area contributed by atoms with Gasteiger partial charge in [-0.25, -0.2) is 13.2 Å². The lowest BCUT2D eigenvalue weighted by atomic mass is 9.92. The summed E-state index contributed by atoms with van der Waals surface area (Å²) in [5.41, 5.74) is -0.411. The average Bonchev–Trinajstić information content (AvgIpc) is 3.04. The number of urea groups is 1. The van der Waals surface area contributed by atoms with Gasteiger partial charge in [0, 0.05) is 23.8 Å². The first kappa shape index (κ1) is 24.2. The zero-order chi connectivity index (χ0) is 24.5. The maximum atomic E-state index is 13.0. The van der Waals surface area contributed by atoms with E-state index in [-0.39, 0.29) is 4.90 Å². The Morgan fingerprint density at radius 1 is 1.03 bits per heavy atom. The summed E-state index contributed by atoms with van der Waals surface area (Å²) in [7, 11) is -3.58. The zero-order valence-corrected chi connectivity index (χ0v) is 20.2. The van der Waals surface area contributed by atoms with Gasteiger partial charge >= 0.3 is 6.03 Å². The van der Waals surface area contributed by atoms with Crippen molar-refractivity contribution in [2.45, 2.75) is 36.6 Å². The molecule has 2 fully saturated rings. The Balaban J connectivity index is 1.41. The molecule has 34 heavy (non-hydrogen) atoms. The van der Waals surface area contributed by atoms with Gasteiger partial charge in [-0.2, -0.15) is 4.31 Å². The van der Waals surface area contributed by atoms with Gasteiger partial charge in [0.1, 0.15) is 12.1 Å². The molecule has 4 rings (SSSR count). The van der Waals surface area contributed by atoms with Crippen LogP contribution in [0.5, 0.6) is 0 Å². The number of hydrogen-bond donors (Lipinski definition) is 2. The molecule has 0 spiro atoms. The minimum Gasteiger partial charge on any atom is -0.325 e. The lowest BCUT2D eigenvalue weighted by Gasteiger charge is -2.25. The molecule has 0 bridgehead atoms. The predicted molar refractivity (Wildman–Crippen MR) is 127 cm³/mol. The predicted octanol–water partition coefficient (Wildman–Crippen LogP) is 2.92. The van der Waals surface area contributed by atoms with Gasteiger partial charge in [-0.1, -0.05) is 30.2 Å². The number of imide groups is 1. The molecule has 0 saturated carbocycles. The van der Waals surface area contributed by atoms with Crippen molar-refractivity contribution in [1.29, 1.82) is 0 Å². The van der Waals surface area contributed by atoms with E-state index in [9.17, 15) is 22.8 Å². The van der Waals surface area contributed by atoms with Crippen LogP contribution in [0.3, 0.4) is 0 Å². The fourth-order valence-electron chi connectivity index (χ4n) is 4.13. The van der Waals surface area contributed by atoms with Crippen LogP contribution in [0.4, 0.5) is 10.5 Å². The standard InChI is InChI=1S/C23H25ClN4O5S/c1-23(16-5-7-17(24)8-6-16)21(30)28(22(31)26-23)15-20(29)25-18-9-11-19(12-10-18)34(32,33)27-13-3-2-4-14-27/h5-12H,2-4,13-15H2,1H3,(H,25,29)(H,26,31). The van der Waals surface area contributed by atoms with Gasteiger partial charge < -0.3 is 10.6 Å². The quantitative estimate of drug-likeness (QED) is 0.587. The second-order valence-corrected chi connectivity index (χ2v) is 10.9. The minimum absolute atomic E-state index is 0.153. The van der Waals surface area contributed by atoms with Crippen molar-refractivity contribution in [3.05, 3.63) is 59.1 Å². The molecule has 0 radical (unpaired) electrons. The van der Waals surface area contributed by atoms with E-state index in [0.29, 0.717) is 29.4 Å². The van der Waals surface area contributed by atoms with Crippen molar-refractivity contribution in [3.8, 4) is 0 Å². The average molecular weight is 505 g/mol. The number of nitrogens with one attached hydrogen (secondary N) is 2. The van der Waals surface area contributed by atoms with Crippen LogP contribution < -0.4 is 10.6 Å². The van der Waals surface area contributed by atoms with Crippen molar-refractivity contribution in [3.63, 3.8) is 0 Å². The highest BCUT2D eigenvalue weighted by atomic mass is 35.5. The number of nitrogens with zero attached hydrogens (tertiary/aromatic N) is 2. The van der Waals surface area contributed by atoms with Crippen LogP contribution in [0.25, 0.3) is 0 Å². The molecule has 2 aliphatic rings. The molecule has 180 valence electrons. The Labute approximate surface area is 203 Å². The van der Waals surface area contributed by atoms with Crippen LogP contribution >= 0.6 is 11.6 Å². The van der Waals surface area contributed by atoms with Crippen LogP contribution in [0.1, 0.15) is 31.7 Å². The zero-order valence-electron chi connectivity index (χ0n) is 18.6. The molecule has 9 nitrogen and oxygen atoms in total. The maximum absolute atomic E-state index is 13.0. The lowest BCUT2D eigenvalue weighted by Crippen LogP contribution is -2.42. The van der Waals surface area contributed by atoms with Gasteiger partial charge in [0.05, 0.1) is 4.90 Å². The SMILES string of the molecule is CC1(c2ccc(Cl)cc2)NC(=O)N(CC(=O)Nc2ccc(S(=O)(=O)N3CCCCC3)cc2)C1=O. The van der Waals surface area contributed by atoms with E-state index in [0.717, 1.165) is 24.2 Å². The molecule has 1 atom stereocenters. The number of sulfonamides is 1. The van der Waals surface area contributed by atoms with Crippen molar-refractivity contribution >= 4 is 45.2 Å². The van der Waals surface area contributed by atoms with E-state index in [1.165, 1.54) is 28.6 Å². The first-order valence-corrected chi connectivity index (χ1v) is 12.7. The maximum Gasteiger partial charge on any atom is 0.325 e. The van der Waals surface area contributed by atoms with Gasteiger partial charge in [-0.05, 0) is 61.7 Å². The monoisotopic (exact) mass is 504 g/mol. The van der Waals surface area contributed by atoms with E-state index in [4.69, 9.17) is 11.6 Å².